The Hall–Kier alpha value is -3.00. The lowest BCUT2D eigenvalue weighted by Crippen LogP contribution is -1.94. The van der Waals surface area contributed by atoms with Gasteiger partial charge >= 0.3 is 0 Å². The molecule has 0 aliphatic rings. The summed E-state index contributed by atoms with van der Waals surface area (Å²) in [6.07, 6.45) is 0. The summed E-state index contributed by atoms with van der Waals surface area (Å²) in [6.45, 7) is 0. The van der Waals surface area contributed by atoms with Crippen LogP contribution >= 0.6 is 0 Å². The summed E-state index contributed by atoms with van der Waals surface area (Å²) < 4.78 is 0. The number of fused-ring (bicyclic) bond motifs is 1. The highest BCUT2D eigenvalue weighted by Crippen LogP contribution is 2.35. The quantitative estimate of drug-likeness (QED) is 0.529. The van der Waals surface area contributed by atoms with Crippen LogP contribution in [0.5, 0.6) is 0 Å². The molecule has 1 aromatic heterocycles. The van der Waals surface area contributed by atoms with Crippen molar-refractivity contribution in [3.63, 3.8) is 0 Å². The molecule has 2 nitrogen and oxygen atoms in total. The van der Waals surface area contributed by atoms with Crippen molar-refractivity contribution in [1.29, 1.82) is 0 Å². The third kappa shape index (κ3) is 2.15. The van der Waals surface area contributed by atoms with Crippen molar-refractivity contribution in [2.45, 2.75) is 0 Å². The molecule has 2 heteroatoms. The fraction of sp³-hybridized carbons (Fsp3) is 0. The van der Waals surface area contributed by atoms with E-state index in [0.717, 1.165) is 33.3 Å². The van der Waals surface area contributed by atoms with Gasteiger partial charge in [0.05, 0.1) is 5.52 Å². The molecule has 0 aliphatic heterocycles. The predicted molar refractivity (Wildman–Crippen MR) is 89.2 cm³/mol. The largest absolute Gasteiger partial charge is 0.150 e. The maximum atomic E-state index is 4.49. The van der Waals surface area contributed by atoms with Gasteiger partial charge in [-0.05, 0) is 17.7 Å². The first-order valence-corrected chi connectivity index (χ1v) is 7.21. The van der Waals surface area contributed by atoms with Gasteiger partial charge in [0, 0.05) is 16.5 Å². The van der Waals surface area contributed by atoms with Crippen molar-refractivity contribution < 1.29 is 0 Å². The Balaban J connectivity index is 2.09. The normalized spacial score (nSPS) is 10.7. The van der Waals surface area contributed by atoms with Crippen LogP contribution in [0.2, 0.25) is 0 Å². The molecule has 0 fully saturated rings. The molecular formula is C20H13N2. The van der Waals surface area contributed by atoms with E-state index in [1.54, 1.807) is 0 Å². The van der Waals surface area contributed by atoms with E-state index < -0.39 is 0 Å². The molecule has 1 radical (unpaired) electrons. The smallest absolute Gasteiger partial charge is 0.101 e. The maximum absolute atomic E-state index is 4.49. The number of hydrogen-bond acceptors (Lipinski definition) is 2. The van der Waals surface area contributed by atoms with Crippen LogP contribution in [0.15, 0.2) is 78.9 Å². The van der Waals surface area contributed by atoms with Crippen molar-refractivity contribution in [3.05, 3.63) is 84.9 Å². The summed E-state index contributed by atoms with van der Waals surface area (Å²) in [6, 6.07) is 29.4. The zero-order valence-corrected chi connectivity index (χ0v) is 11.9. The lowest BCUT2D eigenvalue weighted by molar-refractivity contribution is 1.08. The van der Waals surface area contributed by atoms with E-state index in [1.165, 1.54) is 0 Å². The van der Waals surface area contributed by atoms with E-state index >= 15 is 0 Å². The van der Waals surface area contributed by atoms with E-state index in [9.17, 15) is 0 Å². The second-order valence-corrected chi connectivity index (χ2v) is 5.10. The second kappa shape index (κ2) is 5.41. The standard InChI is InChI=1S/C20H13N2/c1-3-9-15(10-4-1)19-17-13-7-8-14-18(17)21-22-20(19)16-11-5-2-6-12-16/h2-14H. The van der Waals surface area contributed by atoms with Gasteiger partial charge in [-0.25, -0.2) is 0 Å². The monoisotopic (exact) mass is 281 g/mol. The molecular weight excluding hydrogens is 268 g/mol. The van der Waals surface area contributed by atoms with Crippen molar-refractivity contribution in [1.82, 2.24) is 10.2 Å². The number of nitrogens with zero attached hydrogens (tertiary/aromatic N) is 2. The summed E-state index contributed by atoms with van der Waals surface area (Å²) in [5.74, 6) is 0. The highest BCUT2D eigenvalue weighted by atomic mass is 15.1. The predicted octanol–water partition coefficient (Wildman–Crippen LogP) is 4.76. The first kappa shape index (κ1) is 12.7. The molecule has 4 aromatic rings. The summed E-state index contributed by atoms with van der Waals surface area (Å²) in [4.78, 5) is 0. The SMILES string of the molecule is [c]1ccc(-c2c(-c3ccccc3)nnc3ccccc23)cc1. The number of aromatic nitrogens is 2. The lowest BCUT2D eigenvalue weighted by atomic mass is 9.96. The fourth-order valence-electron chi connectivity index (χ4n) is 2.70. The van der Waals surface area contributed by atoms with Gasteiger partial charge in [0.2, 0.25) is 0 Å². The Bertz CT molecular complexity index is 916. The Kier molecular flexibility index (Phi) is 3.13. The minimum Gasteiger partial charge on any atom is -0.150 e. The highest BCUT2D eigenvalue weighted by molar-refractivity contribution is 6.00. The Morgan fingerprint density at radius 2 is 1.36 bits per heavy atom. The Morgan fingerprint density at radius 1 is 0.636 bits per heavy atom. The van der Waals surface area contributed by atoms with Gasteiger partial charge in [0.15, 0.2) is 0 Å². The van der Waals surface area contributed by atoms with Crippen LogP contribution < -0.4 is 0 Å². The van der Waals surface area contributed by atoms with Gasteiger partial charge in [-0.1, -0.05) is 72.8 Å². The Morgan fingerprint density at radius 3 is 2.18 bits per heavy atom. The van der Waals surface area contributed by atoms with Gasteiger partial charge in [0.1, 0.15) is 5.69 Å². The highest BCUT2D eigenvalue weighted by Gasteiger charge is 2.13. The maximum Gasteiger partial charge on any atom is 0.101 e. The summed E-state index contributed by atoms with van der Waals surface area (Å²) in [7, 11) is 0. The van der Waals surface area contributed by atoms with Crippen molar-refractivity contribution in [3.8, 4) is 22.4 Å². The zero-order valence-electron chi connectivity index (χ0n) is 11.9. The van der Waals surface area contributed by atoms with E-state index in [1.807, 2.05) is 48.5 Å². The molecule has 0 atom stereocenters. The van der Waals surface area contributed by atoms with Crippen molar-refractivity contribution >= 4 is 10.9 Å². The van der Waals surface area contributed by atoms with Gasteiger partial charge < -0.3 is 0 Å². The van der Waals surface area contributed by atoms with E-state index in [2.05, 4.69) is 46.6 Å². The van der Waals surface area contributed by atoms with Crippen LogP contribution in [0.4, 0.5) is 0 Å². The molecule has 3 aromatic carbocycles. The van der Waals surface area contributed by atoms with Gasteiger partial charge in [-0.3, -0.25) is 0 Å². The molecule has 0 spiro atoms. The molecule has 0 bridgehead atoms. The molecule has 0 amide bonds. The number of rotatable bonds is 2. The third-order valence-electron chi connectivity index (χ3n) is 3.72. The molecule has 0 unspecified atom stereocenters. The molecule has 0 N–H and O–H groups in total. The molecule has 0 saturated heterocycles. The van der Waals surface area contributed by atoms with Crippen LogP contribution in [0.3, 0.4) is 0 Å². The molecule has 0 aliphatic carbocycles. The van der Waals surface area contributed by atoms with Crippen LogP contribution in [0.1, 0.15) is 0 Å². The van der Waals surface area contributed by atoms with Crippen LogP contribution in [-0.4, -0.2) is 10.2 Å². The Labute approximate surface area is 129 Å². The summed E-state index contributed by atoms with van der Waals surface area (Å²) in [5, 5.41) is 9.99. The molecule has 4 rings (SSSR count). The number of hydrogen-bond donors (Lipinski definition) is 0. The van der Waals surface area contributed by atoms with E-state index in [-0.39, 0.29) is 0 Å². The van der Waals surface area contributed by atoms with Crippen molar-refractivity contribution in [2.75, 3.05) is 0 Å². The fourth-order valence-corrected chi connectivity index (χ4v) is 2.70. The van der Waals surface area contributed by atoms with Crippen LogP contribution in [0, 0.1) is 6.07 Å². The number of benzene rings is 3. The molecule has 103 valence electrons. The second-order valence-electron chi connectivity index (χ2n) is 5.10. The van der Waals surface area contributed by atoms with Crippen LogP contribution in [-0.2, 0) is 0 Å². The van der Waals surface area contributed by atoms with Gasteiger partial charge in [-0.15, -0.1) is 10.2 Å². The van der Waals surface area contributed by atoms with Gasteiger partial charge in [-0.2, -0.15) is 0 Å². The van der Waals surface area contributed by atoms with Crippen molar-refractivity contribution in [2.24, 2.45) is 0 Å². The third-order valence-corrected chi connectivity index (χ3v) is 3.72. The summed E-state index contributed by atoms with van der Waals surface area (Å²) in [5.41, 5.74) is 5.13. The lowest BCUT2D eigenvalue weighted by Gasteiger charge is -2.11. The molecule has 1 heterocycles. The minimum atomic E-state index is 0.907. The topological polar surface area (TPSA) is 25.8 Å². The van der Waals surface area contributed by atoms with Gasteiger partial charge in [0.25, 0.3) is 0 Å². The summed E-state index contributed by atoms with van der Waals surface area (Å²) >= 11 is 0. The molecule has 0 saturated carbocycles. The van der Waals surface area contributed by atoms with E-state index in [0.29, 0.717) is 0 Å². The minimum absolute atomic E-state index is 0.907. The first-order chi connectivity index (χ1) is 10.9. The average Bonchev–Trinajstić information content (AvgIpc) is 2.62. The first-order valence-electron chi connectivity index (χ1n) is 7.21. The van der Waals surface area contributed by atoms with Crippen LogP contribution in [0.25, 0.3) is 33.3 Å². The average molecular weight is 281 g/mol. The van der Waals surface area contributed by atoms with E-state index in [4.69, 9.17) is 0 Å². The zero-order chi connectivity index (χ0) is 14.8. The molecule has 22 heavy (non-hydrogen) atoms.